The molecule has 2 N–H and O–H groups in total. The molecule has 0 saturated heterocycles. The lowest BCUT2D eigenvalue weighted by Gasteiger charge is -2.20. The van der Waals surface area contributed by atoms with E-state index >= 15 is 0 Å². The van der Waals surface area contributed by atoms with Crippen LogP contribution in [0.2, 0.25) is 0 Å². The van der Waals surface area contributed by atoms with Crippen LogP contribution in [0.5, 0.6) is 0 Å². The van der Waals surface area contributed by atoms with Gasteiger partial charge in [-0.15, -0.1) is 17.9 Å². The highest BCUT2D eigenvalue weighted by Gasteiger charge is 2.14. The number of aromatic nitrogens is 1. The van der Waals surface area contributed by atoms with E-state index in [1.54, 1.807) is 23.6 Å². The number of aliphatic hydroxyl groups is 1. The van der Waals surface area contributed by atoms with Crippen molar-refractivity contribution in [1.29, 1.82) is 0 Å². The maximum absolute atomic E-state index is 9.81. The van der Waals surface area contributed by atoms with Crippen molar-refractivity contribution < 1.29 is 5.11 Å². The van der Waals surface area contributed by atoms with Gasteiger partial charge in [0.1, 0.15) is 0 Å². The van der Waals surface area contributed by atoms with Gasteiger partial charge in [-0.3, -0.25) is 0 Å². The summed E-state index contributed by atoms with van der Waals surface area (Å²) < 4.78 is 1.09. The molecule has 0 aliphatic heterocycles. The van der Waals surface area contributed by atoms with Crippen LogP contribution >= 0.6 is 27.3 Å². The van der Waals surface area contributed by atoms with Crippen LogP contribution in [0.3, 0.4) is 0 Å². The van der Waals surface area contributed by atoms with Crippen LogP contribution in [0, 0.1) is 0 Å². The van der Waals surface area contributed by atoms with E-state index in [4.69, 9.17) is 0 Å². The Morgan fingerprint density at radius 3 is 2.76 bits per heavy atom. The average Bonchev–Trinajstić information content (AvgIpc) is 2.99. The fourth-order valence-corrected chi connectivity index (χ4v) is 2.97. The molecular weight excluding hydrogens is 348 g/mol. The predicted octanol–water partition coefficient (Wildman–Crippen LogP) is 4.26. The van der Waals surface area contributed by atoms with Crippen molar-refractivity contribution in [2.45, 2.75) is 31.4 Å². The SMILES string of the molecule is C=CC(O)CC(CCc1ccc(Br)cc1)Nc1nccs1. The maximum atomic E-state index is 9.81. The zero-order chi connectivity index (χ0) is 15.1. The summed E-state index contributed by atoms with van der Waals surface area (Å²) in [7, 11) is 0. The molecule has 0 spiro atoms. The second-order valence-electron chi connectivity index (χ2n) is 4.88. The number of hydrogen-bond acceptors (Lipinski definition) is 4. The van der Waals surface area contributed by atoms with E-state index in [0.29, 0.717) is 6.42 Å². The second kappa shape index (κ2) is 8.32. The molecule has 112 valence electrons. The molecule has 0 fully saturated rings. The minimum absolute atomic E-state index is 0.174. The minimum atomic E-state index is -0.493. The van der Waals surface area contributed by atoms with E-state index in [1.165, 1.54) is 5.56 Å². The second-order valence-corrected chi connectivity index (χ2v) is 6.69. The lowest BCUT2D eigenvalue weighted by atomic mass is 10.0. The number of thiazole rings is 1. The van der Waals surface area contributed by atoms with Gasteiger partial charge >= 0.3 is 0 Å². The Morgan fingerprint density at radius 2 is 2.14 bits per heavy atom. The van der Waals surface area contributed by atoms with Gasteiger partial charge in [0.05, 0.1) is 6.10 Å². The van der Waals surface area contributed by atoms with Crippen LogP contribution in [0.4, 0.5) is 5.13 Å². The molecule has 1 heterocycles. The van der Waals surface area contributed by atoms with E-state index < -0.39 is 6.10 Å². The first-order chi connectivity index (χ1) is 10.2. The molecular formula is C16H19BrN2OS. The van der Waals surface area contributed by atoms with E-state index in [2.05, 4.69) is 57.1 Å². The van der Waals surface area contributed by atoms with Crippen molar-refractivity contribution in [1.82, 2.24) is 4.98 Å². The molecule has 0 bridgehead atoms. The highest BCUT2D eigenvalue weighted by molar-refractivity contribution is 9.10. The molecule has 0 saturated carbocycles. The fraction of sp³-hybridized carbons (Fsp3) is 0.312. The molecule has 2 unspecified atom stereocenters. The van der Waals surface area contributed by atoms with Crippen molar-refractivity contribution in [3.8, 4) is 0 Å². The van der Waals surface area contributed by atoms with Gasteiger partial charge in [-0.2, -0.15) is 0 Å². The molecule has 0 aliphatic carbocycles. The molecule has 3 nitrogen and oxygen atoms in total. The Bertz CT molecular complexity index is 542. The smallest absolute Gasteiger partial charge is 0.182 e. The highest BCUT2D eigenvalue weighted by atomic mass is 79.9. The summed E-state index contributed by atoms with van der Waals surface area (Å²) in [5.74, 6) is 0. The molecule has 5 heteroatoms. The Balaban J connectivity index is 1.94. The van der Waals surface area contributed by atoms with Gasteiger partial charge in [-0.1, -0.05) is 34.1 Å². The average molecular weight is 367 g/mol. The van der Waals surface area contributed by atoms with Crippen LogP contribution in [0.15, 0.2) is 53.0 Å². The first kappa shape index (κ1) is 16.2. The summed E-state index contributed by atoms with van der Waals surface area (Å²) in [6.45, 7) is 3.64. The van der Waals surface area contributed by atoms with Gasteiger partial charge in [-0.25, -0.2) is 4.98 Å². The summed E-state index contributed by atoms with van der Waals surface area (Å²) in [6, 6.07) is 8.52. The number of nitrogens with zero attached hydrogens (tertiary/aromatic N) is 1. The third-order valence-corrected chi connectivity index (χ3v) is 4.49. The minimum Gasteiger partial charge on any atom is -0.389 e. The van der Waals surface area contributed by atoms with Gasteiger partial charge in [-0.05, 0) is 37.0 Å². The largest absolute Gasteiger partial charge is 0.389 e. The van der Waals surface area contributed by atoms with Crippen LogP contribution in [-0.4, -0.2) is 22.2 Å². The number of rotatable bonds is 8. The van der Waals surface area contributed by atoms with E-state index in [1.807, 2.05) is 5.38 Å². The van der Waals surface area contributed by atoms with Gasteiger partial charge in [0.25, 0.3) is 0 Å². The molecule has 1 aromatic heterocycles. The van der Waals surface area contributed by atoms with Crippen molar-refractivity contribution >= 4 is 32.4 Å². The Hall–Kier alpha value is -1.17. The predicted molar refractivity (Wildman–Crippen MR) is 92.8 cm³/mol. The summed E-state index contributed by atoms with van der Waals surface area (Å²) in [4.78, 5) is 4.25. The number of benzene rings is 1. The lowest BCUT2D eigenvalue weighted by molar-refractivity contribution is 0.204. The quantitative estimate of drug-likeness (QED) is 0.686. The first-order valence-electron chi connectivity index (χ1n) is 6.88. The first-order valence-corrected chi connectivity index (χ1v) is 8.55. The molecule has 2 aromatic rings. The number of hydrogen-bond donors (Lipinski definition) is 2. The number of nitrogens with one attached hydrogen (secondary N) is 1. The Morgan fingerprint density at radius 1 is 1.38 bits per heavy atom. The number of halogens is 1. The van der Waals surface area contributed by atoms with Crippen molar-refractivity contribution in [2.75, 3.05) is 5.32 Å². The number of aliphatic hydroxyl groups excluding tert-OH is 1. The zero-order valence-electron chi connectivity index (χ0n) is 11.7. The van der Waals surface area contributed by atoms with Crippen molar-refractivity contribution in [2.24, 2.45) is 0 Å². The normalized spacial score (nSPS) is 13.6. The summed E-state index contributed by atoms with van der Waals surface area (Å²) in [5, 5.41) is 16.0. The monoisotopic (exact) mass is 366 g/mol. The Labute approximate surface area is 137 Å². The van der Waals surface area contributed by atoms with Crippen LogP contribution in [0.25, 0.3) is 0 Å². The third kappa shape index (κ3) is 5.61. The molecule has 1 aromatic carbocycles. The van der Waals surface area contributed by atoms with Crippen molar-refractivity contribution in [3.05, 3.63) is 58.5 Å². The number of anilines is 1. The molecule has 2 rings (SSSR count). The molecule has 0 radical (unpaired) electrons. The summed E-state index contributed by atoms with van der Waals surface area (Å²) in [5.41, 5.74) is 1.29. The molecule has 0 amide bonds. The third-order valence-electron chi connectivity index (χ3n) is 3.25. The molecule has 21 heavy (non-hydrogen) atoms. The highest BCUT2D eigenvalue weighted by Crippen LogP contribution is 2.18. The van der Waals surface area contributed by atoms with E-state index in [-0.39, 0.29) is 6.04 Å². The fourth-order valence-electron chi connectivity index (χ4n) is 2.10. The summed E-state index contributed by atoms with van der Waals surface area (Å²) >= 11 is 5.02. The number of aryl methyl sites for hydroxylation is 1. The topological polar surface area (TPSA) is 45.1 Å². The van der Waals surface area contributed by atoms with Crippen molar-refractivity contribution in [3.63, 3.8) is 0 Å². The van der Waals surface area contributed by atoms with Crippen LogP contribution in [0.1, 0.15) is 18.4 Å². The van der Waals surface area contributed by atoms with Gasteiger partial charge < -0.3 is 10.4 Å². The van der Waals surface area contributed by atoms with Gasteiger partial charge in [0, 0.05) is 22.1 Å². The van der Waals surface area contributed by atoms with E-state index in [0.717, 1.165) is 22.4 Å². The Kier molecular flexibility index (Phi) is 6.42. The summed E-state index contributed by atoms with van der Waals surface area (Å²) in [6.07, 6.45) is 5.40. The zero-order valence-corrected chi connectivity index (χ0v) is 14.1. The van der Waals surface area contributed by atoms with Crippen LogP contribution < -0.4 is 5.32 Å². The standard InChI is InChI=1S/C16H19BrN2OS/c1-2-15(20)11-14(19-16-18-9-10-21-16)8-5-12-3-6-13(17)7-4-12/h2-4,6-7,9-10,14-15,20H,1,5,8,11H2,(H,18,19). The van der Waals surface area contributed by atoms with Gasteiger partial charge in [0.2, 0.25) is 0 Å². The maximum Gasteiger partial charge on any atom is 0.182 e. The van der Waals surface area contributed by atoms with E-state index in [9.17, 15) is 5.11 Å². The molecule has 0 aliphatic rings. The molecule has 2 atom stereocenters. The lowest BCUT2D eigenvalue weighted by Crippen LogP contribution is -2.25. The van der Waals surface area contributed by atoms with Gasteiger partial charge in [0.15, 0.2) is 5.13 Å². The van der Waals surface area contributed by atoms with Crippen LogP contribution in [-0.2, 0) is 6.42 Å².